The molecule has 1 radical (unpaired) electrons. The van der Waals surface area contributed by atoms with Gasteiger partial charge in [0, 0.05) is 0 Å². The quantitative estimate of drug-likeness (QED) is 0.332. The van der Waals surface area contributed by atoms with Crippen molar-refractivity contribution in [3.05, 3.63) is 29.8 Å². The maximum Gasteiger partial charge on any atom is -0.147 e. The number of benzene rings is 1. The first kappa shape index (κ1) is 20.3. The Kier molecular flexibility index (Phi) is 11.7. The molecular formula is C13H22ClINOSSn. The summed E-state index contributed by atoms with van der Waals surface area (Å²) in [5, 5.41) is 0. The van der Waals surface area contributed by atoms with Crippen LogP contribution in [-0.2, 0) is 3.07 Å². The molecule has 2 nitrogen and oxygen atoms in total. The van der Waals surface area contributed by atoms with Gasteiger partial charge in [0.2, 0.25) is 0 Å². The van der Waals surface area contributed by atoms with Gasteiger partial charge in [-0.2, -0.15) is 0 Å². The summed E-state index contributed by atoms with van der Waals surface area (Å²) in [7, 11) is 1.79. The summed E-state index contributed by atoms with van der Waals surface area (Å²) < 4.78 is 8.97. The number of halogens is 2. The fraction of sp³-hybridized carbons (Fsp3) is 0.538. The summed E-state index contributed by atoms with van der Waals surface area (Å²) in [6, 6.07) is 8.65. The van der Waals surface area contributed by atoms with Crippen molar-refractivity contribution in [1.82, 2.24) is 0 Å². The predicted molar refractivity (Wildman–Crippen MR) is 98.9 cm³/mol. The fourth-order valence-electron chi connectivity index (χ4n) is 1.81. The van der Waals surface area contributed by atoms with Gasteiger partial charge in [0.15, 0.2) is 0 Å². The van der Waals surface area contributed by atoms with Crippen LogP contribution in [0.25, 0.3) is 0 Å². The summed E-state index contributed by atoms with van der Waals surface area (Å²) in [5.41, 5.74) is 7.69. The first-order chi connectivity index (χ1) is 8.63. The number of hydrogen-bond donors (Lipinski definition) is 1. The number of rotatable bonds is 7. The molecule has 2 unspecified atom stereocenters. The van der Waals surface area contributed by atoms with E-state index < -0.39 is 20.2 Å². The molecule has 2 atom stereocenters. The number of nitrogens with two attached hydrogens (primary N) is 1. The molecule has 0 saturated carbocycles. The largest absolute Gasteiger partial charge is 0.147 e. The first-order valence-electron chi connectivity index (χ1n) is 6.28. The second-order valence-electron chi connectivity index (χ2n) is 4.20. The van der Waals surface area contributed by atoms with E-state index in [9.17, 15) is 0 Å². The van der Waals surface area contributed by atoms with Gasteiger partial charge in [0.1, 0.15) is 0 Å². The van der Waals surface area contributed by atoms with Gasteiger partial charge in [-0.05, 0) is 0 Å². The van der Waals surface area contributed by atoms with E-state index in [1.54, 1.807) is 8.93 Å². The molecule has 0 aromatic heterocycles. The molecule has 109 valence electrons. The van der Waals surface area contributed by atoms with E-state index in [-0.39, 0.29) is 18.4 Å². The number of hydrogen-bond acceptors (Lipinski definition) is 3. The zero-order valence-corrected chi connectivity index (χ0v) is 18.2. The third-order valence-corrected chi connectivity index (χ3v) is 12.1. The molecule has 1 rings (SSSR count). The zero-order valence-electron chi connectivity index (χ0n) is 11.6. The van der Waals surface area contributed by atoms with E-state index >= 15 is 0 Å². The second kappa shape index (κ2) is 11.0. The van der Waals surface area contributed by atoms with Crippen LogP contribution in [0.15, 0.2) is 24.3 Å². The van der Waals surface area contributed by atoms with E-state index in [1.807, 2.05) is 0 Å². The van der Waals surface area contributed by atoms with Crippen molar-refractivity contribution in [2.75, 3.05) is 0 Å². The molecule has 0 fully saturated rings. The summed E-state index contributed by atoms with van der Waals surface area (Å²) >= 11 is 0.348. The molecule has 0 amide bonds. The molecule has 1 aromatic carbocycles. The minimum absolute atomic E-state index is 0. The van der Waals surface area contributed by atoms with Crippen molar-refractivity contribution >= 4 is 66.3 Å². The molecule has 0 aliphatic heterocycles. The standard InChI is InChI=1S/C8H10N.C3H6IOS.C2H5.ClH.Sn/c1-7(9)8-5-3-2-4-6-8;1-2-3(5)6-4;1-2;;/h2-5,7H,9H2,1H3;3H,2H2,1H3;1H2,2H3;1H;/q;-1;;;+1. The Morgan fingerprint density at radius 2 is 2.00 bits per heavy atom. The average Bonchev–Trinajstić information content (AvgIpc) is 2.40. The van der Waals surface area contributed by atoms with Crippen LogP contribution in [-0.4, -0.2) is 25.6 Å². The Morgan fingerprint density at radius 3 is 2.47 bits per heavy atom. The van der Waals surface area contributed by atoms with Crippen molar-refractivity contribution in [3.63, 3.8) is 0 Å². The Hall–Kier alpha value is 1.31. The molecule has 0 aliphatic carbocycles. The van der Waals surface area contributed by atoms with Gasteiger partial charge in [0.25, 0.3) is 0 Å². The Labute approximate surface area is 146 Å². The third-order valence-electron chi connectivity index (χ3n) is 2.78. The molecule has 0 bridgehead atoms. The Morgan fingerprint density at radius 1 is 1.37 bits per heavy atom. The molecular weight excluding hydrogens is 499 g/mol. The van der Waals surface area contributed by atoms with Crippen LogP contribution in [0.2, 0.25) is 4.44 Å². The van der Waals surface area contributed by atoms with Crippen molar-refractivity contribution in [2.24, 2.45) is 5.73 Å². The average molecular weight is 521 g/mol. The van der Waals surface area contributed by atoms with E-state index in [4.69, 9.17) is 8.81 Å². The maximum absolute atomic E-state index is 6.37. The third kappa shape index (κ3) is 6.30. The van der Waals surface area contributed by atoms with Crippen LogP contribution in [0, 0.1) is 0 Å². The van der Waals surface area contributed by atoms with Gasteiger partial charge >= 0.3 is 136 Å². The van der Waals surface area contributed by atoms with Crippen LogP contribution in [0.1, 0.15) is 38.8 Å². The van der Waals surface area contributed by atoms with Gasteiger partial charge in [-0.25, -0.2) is 0 Å². The molecule has 0 spiro atoms. The zero-order chi connectivity index (χ0) is 13.5. The maximum atomic E-state index is 6.37. The van der Waals surface area contributed by atoms with Gasteiger partial charge in [-0.15, -0.1) is 12.4 Å². The molecule has 19 heavy (non-hydrogen) atoms. The summed E-state index contributed by atoms with van der Waals surface area (Å²) in [5.74, 6) is 0. The Bertz CT molecular complexity index is 366. The molecule has 1 aromatic rings. The SMILES string of the molecule is CCC([O][Sn]([CH2]C)[c]1ccccc1C(C)N)SI.Cl. The van der Waals surface area contributed by atoms with Gasteiger partial charge in [0.05, 0.1) is 0 Å². The second-order valence-corrected chi connectivity index (χ2v) is 13.1. The van der Waals surface area contributed by atoms with Gasteiger partial charge < -0.3 is 0 Å². The van der Waals surface area contributed by atoms with Gasteiger partial charge in [-0.3, -0.25) is 0 Å². The van der Waals surface area contributed by atoms with Crippen LogP contribution >= 0.6 is 42.5 Å². The summed E-state index contributed by atoms with van der Waals surface area (Å²) in [6.45, 7) is 6.49. The Balaban J connectivity index is 0.00000324. The van der Waals surface area contributed by atoms with Crippen molar-refractivity contribution in [2.45, 2.75) is 43.1 Å². The summed E-state index contributed by atoms with van der Waals surface area (Å²) in [6.07, 6.45) is 1.07. The summed E-state index contributed by atoms with van der Waals surface area (Å²) in [4.78, 5) is 0. The van der Waals surface area contributed by atoms with Crippen LogP contribution < -0.4 is 9.31 Å². The van der Waals surface area contributed by atoms with E-state index in [0.29, 0.717) is 5.44 Å². The molecule has 0 heterocycles. The molecule has 2 N–H and O–H groups in total. The van der Waals surface area contributed by atoms with Crippen LogP contribution in [0.4, 0.5) is 0 Å². The first-order valence-corrected chi connectivity index (χ1v) is 14.3. The smallest absolute Gasteiger partial charge is 0.147 e. The fourth-order valence-corrected chi connectivity index (χ4v) is 12.1. The van der Waals surface area contributed by atoms with E-state index in [0.717, 1.165) is 6.42 Å². The molecule has 6 heteroatoms. The molecule has 0 saturated heterocycles. The predicted octanol–water partition coefficient (Wildman–Crippen LogP) is 4.18. The van der Waals surface area contributed by atoms with E-state index in [1.165, 1.54) is 13.6 Å². The van der Waals surface area contributed by atoms with Crippen LogP contribution in [0.5, 0.6) is 0 Å². The van der Waals surface area contributed by atoms with Crippen molar-refractivity contribution in [3.8, 4) is 0 Å². The van der Waals surface area contributed by atoms with Gasteiger partial charge in [-0.1, -0.05) is 0 Å². The molecule has 0 aliphatic rings. The topological polar surface area (TPSA) is 35.2 Å². The van der Waals surface area contributed by atoms with E-state index in [2.05, 4.69) is 66.2 Å². The normalized spacial score (nSPS) is 14.0. The van der Waals surface area contributed by atoms with Crippen molar-refractivity contribution < 1.29 is 3.07 Å². The minimum atomic E-state index is -1.99. The van der Waals surface area contributed by atoms with Crippen LogP contribution in [0.3, 0.4) is 0 Å². The monoisotopic (exact) mass is 522 g/mol. The minimum Gasteiger partial charge on any atom is -0.147 e. The van der Waals surface area contributed by atoms with Crippen molar-refractivity contribution in [1.29, 1.82) is 0 Å².